The Labute approximate surface area is 249 Å². The lowest BCUT2D eigenvalue weighted by molar-refractivity contribution is 0.284. The number of fused-ring (bicyclic) bond motifs is 1. The predicted molar refractivity (Wildman–Crippen MR) is 164 cm³/mol. The summed E-state index contributed by atoms with van der Waals surface area (Å²) in [5.74, 6) is 1.77. The van der Waals surface area contributed by atoms with Crippen molar-refractivity contribution in [1.29, 1.82) is 0 Å². The molecule has 1 heterocycles. The van der Waals surface area contributed by atoms with Crippen LogP contribution >= 0.6 is 43.5 Å². The van der Waals surface area contributed by atoms with Gasteiger partial charge in [0.25, 0.3) is 5.56 Å². The summed E-state index contributed by atoms with van der Waals surface area (Å²) in [6.07, 6.45) is 7.02. The van der Waals surface area contributed by atoms with Crippen molar-refractivity contribution in [2.75, 3.05) is 7.11 Å². The quantitative estimate of drug-likeness (QED) is 0.185. The molecule has 0 atom stereocenters. The third-order valence-corrected chi connectivity index (χ3v) is 8.93. The van der Waals surface area contributed by atoms with Crippen molar-refractivity contribution in [3.63, 3.8) is 0 Å². The third-order valence-electron chi connectivity index (χ3n) is 7.00. The van der Waals surface area contributed by atoms with Gasteiger partial charge in [-0.05, 0) is 65.5 Å². The smallest absolute Gasteiger partial charge is 0.282 e. The first kappa shape index (κ1) is 27.9. The van der Waals surface area contributed by atoms with Crippen LogP contribution in [0, 0.1) is 6.92 Å². The summed E-state index contributed by atoms with van der Waals surface area (Å²) >= 11 is 13.8. The monoisotopic (exact) mass is 671 g/mol. The van der Waals surface area contributed by atoms with Crippen LogP contribution in [-0.4, -0.2) is 23.0 Å². The molecule has 1 aromatic heterocycles. The number of nitrogens with zero attached hydrogens (tertiary/aromatic N) is 3. The van der Waals surface area contributed by atoms with Crippen LogP contribution in [0.25, 0.3) is 10.9 Å². The number of aromatic nitrogens is 2. The maximum atomic E-state index is 13.6. The molecule has 0 aliphatic heterocycles. The zero-order chi connectivity index (χ0) is 27.5. The summed E-state index contributed by atoms with van der Waals surface area (Å²) < 4.78 is 14.5. The lowest BCUT2D eigenvalue weighted by Gasteiger charge is -2.22. The molecule has 6 nitrogen and oxygen atoms in total. The SMILES string of the molecule is COc1cc(C=Nn2c(C3CCCCC3)nc3ccc(Br)cc3c2=O)c(Br)c(Cl)c1OCc1ccc(C)cc1. The van der Waals surface area contributed by atoms with E-state index < -0.39 is 0 Å². The second kappa shape index (κ2) is 12.2. The molecule has 0 spiro atoms. The number of rotatable bonds is 7. The fourth-order valence-electron chi connectivity index (χ4n) is 4.85. The Morgan fingerprint density at radius 2 is 1.85 bits per heavy atom. The highest BCUT2D eigenvalue weighted by molar-refractivity contribution is 9.10. The summed E-state index contributed by atoms with van der Waals surface area (Å²) in [5, 5.41) is 5.53. The van der Waals surface area contributed by atoms with E-state index in [9.17, 15) is 4.79 Å². The van der Waals surface area contributed by atoms with E-state index in [4.69, 9.17) is 26.1 Å². The van der Waals surface area contributed by atoms with Crippen molar-refractivity contribution in [3.05, 3.63) is 95.4 Å². The van der Waals surface area contributed by atoms with Crippen LogP contribution < -0.4 is 15.0 Å². The van der Waals surface area contributed by atoms with E-state index in [0.717, 1.165) is 35.7 Å². The zero-order valence-electron chi connectivity index (χ0n) is 21.7. The van der Waals surface area contributed by atoms with Crippen LogP contribution in [0.15, 0.2) is 67.4 Å². The number of methoxy groups -OCH3 is 1. The summed E-state index contributed by atoms with van der Waals surface area (Å²) in [7, 11) is 1.57. The van der Waals surface area contributed by atoms with Gasteiger partial charge in [0.2, 0.25) is 0 Å². The lowest BCUT2D eigenvalue weighted by atomic mass is 9.88. The van der Waals surface area contributed by atoms with E-state index >= 15 is 0 Å². The average Bonchev–Trinajstić information content (AvgIpc) is 2.95. The highest BCUT2D eigenvalue weighted by atomic mass is 79.9. The van der Waals surface area contributed by atoms with Crippen LogP contribution in [-0.2, 0) is 6.61 Å². The fraction of sp³-hybridized carbons (Fsp3) is 0.300. The summed E-state index contributed by atoms with van der Waals surface area (Å²) in [6.45, 7) is 2.38. The van der Waals surface area contributed by atoms with Gasteiger partial charge in [0.15, 0.2) is 11.5 Å². The van der Waals surface area contributed by atoms with Gasteiger partial charge in [-0.3, -0.25) is 4.79 Å². The van der Waals surface area contributed by atoms with Crippen molar-refractivity contribution in [2.24, 2.45) is 5.10 Å². The Bertz CT molecular complexity index is 1600. The van der Waals surface area contributed by atoms with E-state index in [1.165, 1.54) is 16.7 Å². The largest absolute Gasteiger partial charge is 0.493 e. The normalized spacial score (nSPS) is 14.3. The first-order valence-corrected chi connectivity index (χ1v) is 14.8. The van der Waals surface area contributed by atoms with E-state index in [2.05, 4.69) is 37.0 Å². The average molecular weight is 674 g/mol. The molecule has 0 amide bonds. The van der Waals surface area contributed by atoms with Crippen LogP contribution in [0.3, 0.4) is 0 Å². The van der Waals surface area contributed by atoms with Crippen LogP contribution in [0.5, 0.6) is 11.5 Å². The van der Waals surface area contributed by atoms with Gasteiger partial charge in [0.1, 0.15) is 17.5 Å². The van der Waals surface area contributed by atoms with Crippen LogP contribution in [0.1, 0.15) is 60.5 Å². The lowest BCUT2D eigenvalue weighted by Crippen LogP contribution is -2.25. The Morgan fingerprint density at radius 1 is 1.10 bits per heavy atom. The Hall–Kier alpha value is -2.68. The van der Waals surface area contributed by atoms with E-state index in [0.29, 0.717) is 49.9 Å². The Balaban J connectivity index is 1.53. The Morgan fingerprint density at radius 3 is 2.56 bits per heavy atom. The summed E-state index contributed by atoms with van der Waals surface area (Å²) in [6, 6.07) is 15.5. The molecule has 0 N–H and O–H groups in total. The van der Waals surface area contributed by atoms with Gasteiger partial charge in [-0.15, -0.1) is 0 Å². The number of hydrogen-bond acceptors (Lipinski definition) is 5. The van der Waals surface area contributed by atoms with Crippen molar-refractivity contribution >= 4 is 60.6 Å². The predicted octanol–water partition coefficient (Wildman–Crippen LogP) is 8.40. The molecule has 1 aliphatic rings. The minimum atomic E-state index is -0.203. The molecule has 0 bridgehead atoms. The minimum absolute atomic E-state index is 0.177. The number of benzene rings is 3. The van der Waals surface area contributed by atoms with Crippen LogP contribution in [0.2, 0.25) is 5.02 Å². The molecule has 9 heteroatoms. The van der Waals surface area contributed by atoms with Crippen molar-refractivity contribution in [2.45, 2.75) is 51.6 Å². The maximum Gasteiger partial charge on any atom is 0.282 e. The molecule has 0 radical (unpaired) electrons. The molecular weight excluding hydrogens is 646 g/mol. The van der Waals surface area contributed by atoms with Crippen molar-refractivity contribution in [1.82, 2.24) is 9.66 Å². The number of halogens is 3. The van der Waals surface area contributed by atoms with Gasteiger partial charge >= 0.3 is 0 Å². The molecule has 202 valence electrons. The molecule has 0 unspecified atom stereocenters. The van der Waals surface area contributed by atoms with Gasteiger partial charge < -0.3 is 9.47 Å². The number of aryl methyl sites for hydroxylation is 1. The molecule has 4 aromatic rings. The second-order valence-electron chi connectivity index (χ2n) is 9.73. The number of ether oxygens (including phenoxy) is 2. The first-order chi connectivity index (χ1) is 18.9. The Kier molecular flexibility index (Phi) is 8.74. The molecule has 39 heavy (non-hydrogen) atoms. The van der Waals surface area contributed by atoms with Crippen molar-refractivity contribution < 1.29 is 9.47 Å². The van der Waals surface area contributed by atoms with Gasteiger partial charge in [-0.25, -0.2) is 4.98 Å². The summed E-state index contributed by atoms with van der Waals surface area (Å²) in [4.78, 5) is 18.5. The van der Waals surface area contributed by atoms with Crippen LogP contribution in [0.4, 0.5) is 0 Å². The molecule has 1 aliphatic carbocycles. The van der Waals surface area contributed by atoms with Gasteiger partial charge in [0.05, 0.1) is 24.2 Å². The highest BCUT2D eigenvalue weighted by Gasteiger charge is 2.23. The highest BCUT2D eigenvalue weighted by Crippen LogP contribution is 2.42. The van der Waals surface area contributed by atoms with E-state index in [-0.39, 0.29) is 11.5 Å². The second-order valence-corrected chi connectivity index (χ2v) is 11.8. The molecule has 1 fully saturated rings. The molecule has 3 aromatic carbocycles. The van der Waals surface area contributed by atoms with Gasteiger partial charge in [-0.1, -0.05) is 76.6 Å². The zero-order valence-corrected chi connectivity index (χ0v) is 25.6. The standard InChI is InChI=1S/C30H28Br2ClN3O3/c1-18-8-10-19(11-9-18)17-39-28-25(38-2)14-21(26(32)27(28)33)16-34-36-29(20-6-4-3-5-7-20)35-24-13-12-22(31)15-23(24)30(36)37/h8-16,20H,3-7,17H2,1-2H3. The summed E-state index contributed by atoms with van der Waals surface area (Å²) in [5.41, 5.74) is 3.32. The number of hydrogen-bond donors (Lipinski definition) is 0. The van der Waals surface area contributed by atoms with Crippen molar-refractivity contribution in [3.8, 4) is 11.5 Å². The topological polar surface area (TPSA) is 65.7 Å². The first-order valence-electron chi connectivity index (χ1n) is 12.9. The maximum absolute atomic E-state index is 13.6. The van der Waals surface area contributed by atoms with Gasteiger partial charge in [-0.2, -0.15) is 9.78 Å². The molecular formula is C30H28Br2ClN3O3. The minimum Gasteiger partial charge on any atom is -0.493 e. The van der Waals surface area contributed by atoms with E-state index in [1.54, 1.807) is 25.5 Å². The fourth-order valence-corrected chi connectivity index (χ4v) is 5.86. The van der Waals surface area contributed by atoms with Gasteiger partial charge in [0, 0.05) is 20.4 Å². The van der Waals surface area contributed by atoms with E-state index in [1.807, 2.05) is 43.3 Å². The molecule has 1 saturated carbocycles. The molecule has 5 rings (SSSR count). The third kappa shape index (κ3) is 6.08. The molecule has 0 saturated heterocycles.